The van der Waals surface area contributed by atoms with Crippen molar-refractivity contribution in [3.63, 3.8) is 0 Å². The van der Waals surface area contributed by atoms with E-state index in [0.717, 1.165) is 0 Å². The minimum atomic E-state index is -0.319. The van der Waals surface area contributed by atoms with Crippen molar-refractivity contribution in [1.29, 1.82) is 0 Å². The molecule has 0 aliphatic heterocycles. The van der Waals surface area contributed by atoms with Gasteiger partial charge >= 0.3 is 0 Å². The van der Waals surface area contributed by atoms with Gasteiger partial charge in [0, 0.05) is 13.2 Å². The van der Waals surface area contributed by atoms with Crippen LogP contribution in [-0.2, 0) is 0 Å². The molecule has 0 fully saturated rings. The maximum absolute atomic E-state index is 11.8. The monoisotopic (exact) mass is 244 g/mol. The van der Waals surface area contributed by atoms with Crippen LogP contribution in [0, 0.1) is 0 Å². The summed E-state index contributed by atoms with van der Waals surface area (Å²) in [4.78, 5) is 23.5. The Morgan fingerprint density at radius 1 is 1.22 bits per heavy atom. The van der Waals surface area contributed by atoms with Gasteiger partial charge in [-0.15, -0.1) is 0 Å². The number of nitrogens with zero attached hydrogens (tertiary/aromatic N) is 1. The quantitative estimate of drug-likeness (QED) is 0.753. The molecular formula is C12H12N4O2. The van der Waals surface area contributed by atoms with Crippen molar-refractivity contribution < 1.29 is 9.59 Å². The summed E-state index contributed by atoms with van der Waals surface area (Å²) in [5, 5.41) is 11.4. The molecule has 0 aliphatic rings. The van der Waals surface area contributed by atoms with Crippen LogP contribution in [0.4, 0.5) is 5.69 Å². The largest absolute Gasteiger partial charge is 0.355 e. The molecule has 6 heteroatoms. The molecule has 0 atom stereocenters. The molecular weight excluding hydrogens is 232 g/mol. The Morgan fingerprint density at radius 2 is 2.00 bits per heavy atom. The molecule has 3 N–H and O–H groups in total. The number of carbonyl (C=O) groups is 2. The highest BCUT2D eigenvalue weighted by molar-refractivity contribution is 6.08. The Hall–Kier alpha value is -2.63. The van der Waals surface area contributed by atoms with Crippen molar-refractivity contribution in [3.8, 4) is 0 Å². The summed E-state index contributed by atoms with van der Waals surface area (Å²) in [5.41, 5.74) is 1.28. The van der Waals surface area contributed by atoms with Gasteiger partial charge in [0.2, 0.25) is 0 Å². The Morgan fingerprint density at radius 3 is 2.67 bits per heavy atom. The number of para-hydroxylation sites is 1. The number of aromatic nitrogens is 2. The van der Waals surface area contributed by atoms with Gasteiger partial charge in [-0.1, -0.05) is 12.1 Å². The van der Waals surface area contributed by atoms with Crippen LogP contribution in [0.25, 0.3) is 0 Å². The average molecular weight is 244 g/mol. The second-order valence-corrected chi connectivity index (χ2v) is 3.57. The molecule has 0 bridgehead atoms. The first-order valence-corrected chi connectivity index (χ1v) is 5.33. The Labute approximate surface area is 103 Å². The van der Waals surface area contributed by atoms with Crippen LogP contribution in [0.15, 0.2) is 36.7 Å². The van der Waals surface area contributed by atoms with Crippen molar-refractivity contribution in [2.24, 2.45) is 0 Å². The van der Waals surface area contributed by atoms with E-state index in [4.69, 9.17) is 0 Å². The van der Waals surface area contributed by atoms with Gasteiger partial charge in [0.05, 0.1) is 23.0 Å². The van der Waals surface area contributed by atoms with Gasteiger partial charge in [0.15, 0.2) is 0 Å². The van der Waals surface area contributed by atoms with Gasteiger partial charge in [-0.25, -0.2) is 0 Å². The number of carbonyl (C=O) groups excluding carboxylic acids is 2. The number of aromatic amines is 1. The third kappa shape index (κ3) is 2.37. The first-order chi connectivity index (χ1) is 8.72. The molecule has 1 aromatic carbocycles. The van der Waals surface area contributed by atoms with Crippen LogP contribution < -0.4 is 10.6 Å². The fourth-order valence-corrected chi connectivity index (χ4v) is 1.49. The highest BCUT2D eigenvalue weighted by Gasteiger charge is 2.13. The van der Waals surface area contributed by atoms with Crippen LogP contribution in [0.1, 0.15) is 20.7 Å². The summed E-state index contributed by atoms with van der Waals surface area (Å²) in [7, 11) is 1.54. The topological polar surface area (TPSA) is 86.9 Å². The Balaban J connectivity index is 2.24. The lowest BCUT2D eigenvalue weighted by atomic mass is 10.1. The number of nitrogens with one attached hydrogen (secondary N) is 3. The van der Waals surface area contributed by atoms with Gasteiger partial charge in [0.1, 0.15) is 0 Å². The lowest BCUT2D eigenvalue weighted by molar-refractivity contribution is 0.0964. The number of H-pyrrole nitrogens is 1. The predicted octanol–water partition coefficient (Wildman–Crippen LogP) is 1.02. The molecule has 92 valence electrons. The van der Waals surface area contributed by atoms with Crippen molar-refractivity contribution in [1.82, 2.24) is 15.5 Å². The zero-order valence-corrected chi connectivity index (χ0v) is 9.73. The Kier molecular flexibility index (Phi) is 3.38. The summed E-state index contributed by atoms with van der Waals surface area (Å²) >= 11 is 0. The zero-order valence-electron chi connectivity index (χ0n) is 9.73. The zero-order chi connectivity index (χ0) is 13.0. The van der Waals surface area contributed by atoms with Crippen molar-refractivity contribution in [2.75, 3.05) is 12.4 Å². The molecule has 0 aliphatic carbocycles. The van der Waals surface area contributed by atoms with E-state index in [9.17, 15) is 9.59 Å². The molecule has 18 heavy (non-hydrogen) atoms. The van der Waals surface area contributed by atoms with Crippen LogP contribution in [0.2, 0.25) is 0 Å². The van der Waals surface area contributed by atoms with Gasteiger partial charge in [-0.05, 0) is 12.1 Å². The molecule has 0 unspecified atom stereocenters. The van der Waals surface area contributed by atoms with E-state index >= 15 is 0 Å². The number of anilines is 1. The molecule has 0 saturated heterocycles. The van der Waals surface area contributed by atoms with E-state index in [1.807, 2.05) is 0 Å². The molecule has 2 rings (SSSR count). The van der Waals surface area contributed by atoms with Gasteiger partial charge < -0.3 is 10.6 Å². The summed E-state index contributed by atoms with van der Waals surface area (Å²) in [5.74, 6) is -0.571. The number of rotatable bonds is 3. The van der Waals surface area contributed by atoms with Gasteiger partial charge in [-0.3, -0.25) is 14.7 Å². The number of benzene rings is 1. The standard InChI is InChI=1S/C12H12N4O2/c1-13-12(18)9-4-2-3-5-10(9)16-11(17)8-6-14-15-7-8/h2-7H,1H3,(H,13,18)(H,14,15)(H,16,17). The van der Waals surface area contributed by atoms with E-state index in [1.54, 1.807) is 24.3 Å². The fraction of sp³-hybridized carbons (Fsp3) is 0.0833. The van der Waals surface area contributed by atoms with E-state index in [2.05, 4.69) is 20.8 Å². The first-order valence-electron chi connectivity index (χ1n) is 5.33. The minimum Gasteiger partial charge on any atom is -0.355 e. The first kappa shape index (κ1) is 11.8. The third-order valence-electron chi connectivity index (χ3n) is 2.41. The van der Waals surface area contributed by atoms with Crippen molar-refractivity contribution >= 4 is 17.5 Å². The predicted molar refractivity (Wildman–Crippen MR) is 66.4 cm³/mol. The molecule has 0 spiro atoms. The molecule has 0 saturated carbocycles. The molecule has 1 aromatic heterocycles. The summed E-state index contributed by atoms with van der Waals surface area (Å²) < 4.78 is 0. The van der Waals surface area contributed by atoms with Crippen molar-refractivity contribution in [3.05, 3.63) is 47.8 Å². The van der Waals surface area contributed by atoms with Crippen LogP contribution in [0.5, 0.6) is 0 Å². The molecule has 1 heterocycles. The summed E-state index contributed by atoms with van der Waals surface area (Å²) in [6.45, 7) is 0. The number of hydrogen-bond acceptors (Lipinski definition) is 3. The van der Waals surface area contributed by atoms with E-state index in [-0.39, 0.29) is 11.8 Å². The smallest absolute Gasteiger partial charge is 0.258 e. The number of amides is 2. The maximum atomic E-state index is 11.8. The van der Waals surface area contributed by atoms with Crippen LogP contribution in [-0.4, -0.2) is 29.1 Å². The lowest BCUT2D eigenvalue weighted by Crippen LogP contribution is -2.21. The highest BCUT2D eigenvalue weighted by atomic mass is 16.2. The van der Waals surface area contributed by atoms with Crippen LogP contribution >= 0.6 is 0 Å². The molecule has 2 aromatic rings. The fourth-order valence-electron chi connectivity index (χ4n) is 1.49. The average Bonchev–Trinajstić information content (AvgIpc) is 2.92. The summed E-state index contributed by atoms with van der Waals surface area (Å²) in [6, 6.07) is 6.79. The SMILES string of the molecule is CNC(=O)c1ccccc1NC(=O)c1cn[nH]c1. The van der Waals surface area contributed by atoms with Crippen molar-refractivity contribution in [2.45, 2.75) is 0 Å². The molecule has 6 nitrogen and oxygen atoms in total. The van der Waals surface area contributed by atoms with E-state index in [0.29, 0.717) is 16.8 Å². The lowest BCUT2D eigenvalue weighted by Gasteiger charge is -2.08. The van der Waals surface area contributed by atoms with Gasteiger partial charge in [0.25, 0.3) is 11.8 Å². The normalized spacial score (nSPS) is 9.83. The minimum absolute atomic E-state index is 0.252. The second-order valence-electron chi connectivity index (χ2n) is 3.57. The van der Waals surface area contributed by atoms with E-state index < -0.39 is 0 Å². The highest BCUT2D eigenvalue weighted by Crippen LogP contribution is 2.15. The van der Waals surface area contributed by atoms with Crippen LogP contribution in [0.3, 0.4) is 0 Å². The summed E-state index contributed by atoms with van der Waals surface area (Å²) in [6.07, 6.45) is 2.90. The third-order valence-corrected chi connectivity index (χ3v) is 2.41. The Bertz CT molecular complexity index is 563. The van der Waals surface area contributed by atoms with E-state index in [1.165, 1.54) is 19.4 Å². The number of hydrogen-bond donors (Lipinski definition) is 3. The molecule has 2 amide bonds. The van der Waals surface area contributed by atoms with Gasteiger partial charge in [-0.2, -0.15) is 5.10 Å². The molecule has 0 radical (unpaired) electrons. The maximum Gasteiger partial charge on any atom is 0.258 e. The second kappa shape index (κ2) is 5.13.